The van der Waals surface area contributed by atoms with Crippen LogP contribution in [-0.4, -0.2) is 56.6 Å². The minimum Gasteiger partial charge on any atom is -0.492 e. The van der Waals surface area contributed by atoms with Crippen LogP contribution in [0, 0.1) is 0 Å². The predicted octanol–water partition coefficient (Wildman–Crippen LogP) is 3.09. The van der Waals surface area contributed by atoms with Crippen molar-refractivity contribution in [2.24, 2.45) is 0 Å². The lowest BCUT2D eigenvalue weighted by atomic mass is 10.2. The minimum atomic E-state index is -1.82. The number of hydrogen-bond donors (Lipinski definition) is 2. The predicted molar refractivity (Wildman–Crippen MR) is 128 cm³/mol. The van der Waals surface area contributed by atoms with E-state index in [0.717, 1.165) is 34.2 Å². The number of aliphatic carboxylic acids is 2. The number of ether oxygens (including phenoxy) is 1. The highest BCUT2D eigenvalue weighted by molar-refractivity contribution is 7.15. The van der Waals surface area contributed by atoms with E-state index in [4.69, 9.17) is 24.5 Å². The zero-order valence-corrected chi connectivity index (χ0v) is 19.1. The molecule has 2 aromatic carbocycles. The first-order valence-corrected chi connectivity index (χ1v) is 11.1. The second-order valence-corrected chi connectivity index (χ2v) is 8.04. The fourth-order valence-corrected chi connectivity index (χ4v) is 3.97. The first-order valence-electron chi connectivity index (χ1n) is 10.2. The average molecular weight is 482 g/mol. The molecular formula is C24H23N3O6S. The molecule has 0 bridgehead atoms. The van der Waals surface area contributed by atoms with Crippen LogP contribution in [0.2, 0.25) is 0 Å². The topological polar surface area (TPSA) is 121 Å². The Kier molecular flexibility index (Phi) is 8.49. The van der Waals surface area contributed by atoms with Crippen LogP contribution in [0.3, 0.4) is 0 Å². The highest BCUT2D eigenvalue weighted by Crippen LogP contribution is 2.23. The number of carboxylic acids is 2. The summed E-state index contributed by atoms with van der Waals surface area (Å²) < 4.78 is 7.42. The van der Waals surface area contributed by atoms with Crippen LogP contribution in [0.5, 0.6) is 5.75 Å². The number of carbonyl (C=O) groups is 2. The molecule has 0 saturated carbocycles. The summed E-state index contributed by atoms with van der Waals surface area (Å²) in [6, 6.07) is 21.3. The number of thiazole rings is 1. The molecule has 4 rings (SSSR count). The van der Waals surface area contributed by atoms with E-state index in [-0.39, 0.29) is 5.56 Å². The van der Waals surface area contributed by atoms with Gasteiger partial charge in [0.25, 0.3) is 5.56 Å². The summed E-state index contributed by atoms with van der Waals surface area (Å²) in [6.07, 6.45) is 0. The van der Waals surface area contributed by atoms with Crippen LogP contribution in [0.1, 0.15) is 5.69 Å². The zero-order chi connectivity index (χ0) is 24.5. The van der Waals surface area contributed by atoms with Crippen LogP contribution in [-0.2, 0) is 16.1 Å². The minimum absolute atomic E-state index is 0.0472. The average Bonchev–Trinajstić information content (AvgIpc) is 3.25. The van der Waals surface area contributed by atoms with Gasteiger partial charge in [0.2, 0.25) is 0 Å². The van der Waals surface area contributed by atoms with Crippen molar-refractivity contribution in [3.05, 3.63) is 88.2 Å². The van der Waals surface area contributed by atoms with Crippen molar-refractivity contribution in [1.29, 1.82) is 0 Å². The molecule has 0 fully saturated rings. The van der Waals surface area contributed by atoms with Crippen molar-refractivity contribution in [3.8, 4) is 17.0 Å². The van der Waals surface area contributed by atoms with E-state index in [9.17, 15) is 4.79 Å². The SMILES string of the molecule is CN(CCOc1ccccc1)Cc1cc(=O)n2c(-c3ccccc3)csc2n1.O=C(O)C(=O)O. The van der Waals surface area contributed by atoms with Crippen molar-refractivity contribution in [2.45, 2.75) is 6.54 Å². The van der Waals surface area contributed by atoms with Gasteiger partial charge in [-0.25, -0.2) is 14.6 Å². The highest BCUT2D eigenvalue weighted by Gasteiger charge is 2.12. The molecule has 0 unspecified atom stereocenters. The molecule has 9 nitrogen and oxygen atoms in total. The van der Waals surface area contributed by atoms with Crippen molar-refractivity contribution in [3.63, 3.8) is 0 Å². The number of rotatable bonds is 7. The number of benzene rings is 2. The molecule has 2 aromatic heterocycles. The molecule has 2 N–H and O–H groups in total. The third-order valence-corrected chi connectivity index (χ3v) is 5.45. The summed E-state index contributed by atoms with van der Waals surface area (Å²) >= 11 is 1.49. The highest BCUT2D eigenvalue weighted by atomic mass is 32.1. The van der Waals surface area contributed by atoms with Crippen LogP contribution in [0.15, 0.2) is 76.9 Å². The Balaban J connectivity index is 0.000000481. The number of likely N-dealkylation sites (N-methyl/N-ethyl adjacent to an activating group) is 1. The summed E-state index contributed by atoms with van der Waals surface area (Å²) in [5.41, 5.74) is 2.62. The zero-order valence-electron chi connectivity index (χ0n) is 18.3. The lowest BCUT2D eigenvalue weighted by molar-refractivity contribution is -0.159. The lowest BCUT2D eigenvalue weighted by Gasteiger charge is -2.16. The van der Waals surface area contributed by atoms with Crippen LogP contribution in [0.4, 0.5) is 0 Å². The van der Waals surface area contributed by atoms with E-state index in [1.165, 1.54) is 11.3 Å². The molecule has 176 valence electrons. The maximum absolute atomic E-state index is 12.7. The van der Waals surface area contributed by atoms with Crippen LogP contribution >= 0.6 is 11.3 Å². The van der Waals surface area contributed by atoms with E-state index in [1.54, 1.807) is 10.5 Å². The second-order valence-electron chi connectivity index (χ2n) is 7.20. The largest absolute Gasteiger partial charge is 0.492 e. The Morgan fingerprint density at radius 1 is 1.03 bits per heavy atom. The summed E-state index contributed by atoms with van der Waals surface area (Å²) in [4.78, 5) is 38.4. The lowest BCUT2D eigenvalue weighted by Crippen LogP contribution is -2.25. The first-order chi connectivity index (χ1) is 16.3. The Morgan fingerprint density at radius 2 is 1.65 bits per heavy atom. The number of aromatic nitrogens is 2. The summed E-state index contributed by atoms with van der Waals surface area (Å²) in [5.74, 6) is -2.79. The number of hydrogen-bond acceptors (Lipinski definition) is 7. The third kappa shape index (κ3) is 6.74. The van der Waals surface area contributed by atoms with Crippen molar-refractivity contribution in [1.82, 2.24) is 14.3 Å². The summed E-state index contributed by atoms with van der Waals surface area (Å²) in [6.45, 7) is 1.93. The van der Waals surface area contributed by atoms with Gasteiger partial charge < -0.3 is 14.9 Å². The molecule has 0 aliphatic rings. The molecular weight excluding hydrogens is 458 g/mol. The maximum atomic E-state index is 12.7. The molecule has 0 radical (unpaired) electrons. The number of nitrogens with zero attached hydrogens (tertiary/aromatic N) is 3. The van der Waals surface area contributed by atoms with E-state index >= 15 is 0 Å². The van der Waals surface area contributed by atoms with Gasteiger partial charge in [0.1, 0.15) is 12.4 Å². The van der Waals surface area contributed by atoms with Crippen molar-refractivity contribution in [2.75, 3.05) is 20.2 Å². The molecule has 0 spiro atoms. The number of para-hydroxylation sites is 1. The van der Waals surface area contributed by atoms with Gasteiger partial charge in [-0.05, 0) is 24.7 Å². The molecule has 0 atom stereocenters. The van der Waals surface area contributed by atoms with Gasteiger partial charge in [-0.1, -0.05) is 48.5 Å². The Morgan fingerprint density at radius 3 is 2.26 bits per heavy atom. The summed E-state index contributed by atoms with van der Waals surface area (Å²) in [5, 5.41) is 16.8. The molecule has 10 heteroatoms. The van der Waals surface area contributed by atoms with E-state index in [0.29, 0.717) is 13.2 Å². The van der Waals surface area contributed by atoms with E-state index in [2.05, 4.69) is 9.88 Å². The first kappa shape index (κ1) is 24.6. The quantitative estimate of drug-likeness (QED) is 0.386. The van der Waals surface area contributed by atoms with Gasteiger partial charge in [-0.3, -0.25) is 14.1 Å². The standard InChI is InChI=1S/C22H21N3O2S.C2H2O4/c1-24(12-13-27-19-10-6-3-7-11-19)15-18-14-21(26)25-20(16-28-22(25)23-18)17-8-4-2-5-9-17;3-1(4)2(5)6/h2-11,14,16H,12-13,15H2,1H3;(H,3,4)(H,5,6). The number of fused-ring (bicyclic) bond motifs is 1. The molecule has 0 aliphatic heterocycles. The van der Waals surface area contributed by atoms with Gasteiger partial charge in [0.15, 0.2) is 4.96 Å². The third-order valence-electron chi connectivity index (χ3n) is 4.63. The monoisotopic (exact) mass is 481 g/mol. The molecule has 34 heavy (non-hydrogen) atoms. The molecule has 0 amide bonds. The fourth-order valence-electron chi connectivity index (χ4n) is 3.05. The molecule has 4 aromatic rings. The maximum Gasteiger partial charge on any atom is 0.414 e. The molecule has 0 aliphatic carbocycles. The Bertz CT molecular complexity index is 1290. The van der Waals surface area contributed by atoms with Gasteiger partial charge >= 0.3 is 11.9 Å². The Hall–Kier alpha value is -4.02. The van der Waals surface area contributed by atoms with Gasteiger partial charge in [0.05, 0.1) is 11.4 Å². The van der Waals surface area contributed by atoms with E-state index in [1.807, 2.05) is 73.1 Å². The number of carboxylic acid groups (broad SMARTS) is 2. The van der Waals surface area contributed by atoms with Gasteiger partial charge in [0, 0.05) is 24.5 Å². The smallest absolute Gasteiger partial charge is 0.414 e. The van der Waals surface area contributed by atoms with Gasteiger partial charge in [-0.2, -0.15) is 0 Å². The van der Waals surface area contributed by atoms with Crippen molar-refractivity contribution >= 4 is 28.2 Å². The Labute approximate surface area is 199 Å². The summed E-state index contributed by atoms with van der Waals surface area (Å²) in [7, 11) is 2.00. The fraction of sp³-hybridized carbons (Fsp3) is 0.167. The normalized spacial score (nSPS) is 10.5. The molecule has 0 saturated heterocycles. The molecule has 2 heterocycles. The van der Waals surface area contributed by atoms with Crippen molar-refractivity contribution < 1.29 is 24.5 Å². The van der Waals surface area contributed by atoms with Crippen LogP contribution in [0.25, 0.3) is 16.2 Å². The van der Waals surface area contributed by atoms with Gasteiger partial charge in [-0.15, -0.1) is 11.3 Å². The second kappa shape index (κ2) is 11.7. The van der Waals surface area contributed by atoms with Crippen LogP contribution < -0.4 is 10.3 Å². The van der Waals surface area contributed by atoms with E-state index < -0.39 is 11.9 Å².